The molecular weight excluding hydrogens is 322 g/mol. The van der Waals surface area contributed by atoms with Crippen molar-refractivity contribution in [1.82, 2.24) is 4.98 Å². The predicted molar refractivity (Wildman–Crippen MR) is 102 cm³/mol. The predicted octanol–water partition coefficient (Wildman–Crippen LogP) is 5.27. The summed E-state index contributed by atoms with van der Waals surface area (Å²) < 4.78 is 12.2. The molecule has 1 saturated carbocycles. The third kappa shape index (κ3) is 2.47. The zero-order valence-electron chi connectivity index (χ0n) is 15.0. The van der Waals surface area contributed by atoms with Gasteiger partial charge in [-0.15, -0.1) is 0 Å². The summed E-state index contributed by atoms with van der Waals surface area (Å²) in [6.45, 7) is 4.62. The molecule has 1 aliphatic heterocycles. The second kappa shape index (κ2) is 5.60. The van der Waals surface area contributed by atoms with Gasteiger partial charge in [-0.25, -0.2) is 4.98 Å². The Hall–Kier alpha value is -2.81. The molecule has 3 aromatic rings. The van der Waals surface area contributed by atoms with Crippen LogP contribution in [0.15, 0.2) is 66.4 Å². The lowest BCUT2D eigenvalue weighted by molar-refractivity contribution is 0.0991. The van der Waals surface area contributed by atoms with E-state index in [-0.39, 0.29) is 5.60 Å². The van der Waals surface area contributed by atoms with Crippen LogP contribution in [-0.2, 0) is 16.9 Å². The molecular formula is C23H21NO2. The van der Waals surface area contributed by atoms with Crippen LogP contribution in [0.5, 0.6) is 5.75 Å². The third-order valence-corrected chi connectivity index (χ3v) is 5.39. The van der Waals surface area contributed by atoms with E-state index >= 15 is 0 Å². The van der Waals surface area contributed by atoms with Gasteiger partial charge in [0, 0.05) is 23.3 Å². The summed E-state index contributed by atoms with van der Waals surface area (Å²) in [7, 11) is 0. The summed E-state index contributed by atoms with van der Waals surface area (Å²) in [5.41, 5.74) is 4.16. The highest BCUT2D eigenvalue weighted by Crippen LogP contribution is 2.60. The highest BCUT2D eigenvalue weighted by molar-refractivity contribution is 5.82. The molecule has 0 spiro atoms. The quantitative estimate of drug-likeness (QED) is 0.646. The monoisotopic (exact) mass is 343 g/mol. The van der Waals surface area contributed by atoms with Gasteiger partial charge in [-0.1, -0.05) is 35.9 Å². The molecule has 2 aromatic carbocycles. The summed E-state index contributed by atoms with van der Waals surface area (Å²) >= 11 is 0. The van der Waals surface area contributed by atoms with E-state index in [2.05, 4.69) is 49.4 Å². The van der Waals surface area contributed by atoms with Gasteiger partial charge in [0.05, 0.1) is 17.0 Å². The number of ether oxygens (including phenoxy) is 2. The van der Waals surface area contributed by atoms with Gasteiger partial charge in [0.2, 0.25) is 0 Å². The van der Waals surface area contributed by atoms with Crippen molar-refractivity contribution in [2.75, 3.05) is 0 Å². The Morgan fingerprint density at radius 1 is 1.12 bits per heavy atom. The van der Waals surface area contributed by atoms with Crippen molar-refractivity contribution < 1.29 is 9.47 Å². The zero-order chi connectivity index (χ0) is 17.7. The van der Waals surface area contributed by atoms with E-state index in [1.54, 1.807) is 0 Å². The van der Waals surface area contributed by atoms with E-state index in [0.717, 1.165) is 40.1 Å². The highest BCUT2D eigenvalue weighted by Gasteiger charge is 2.61. The van der Waals surface area contributed by atoms with E-state index < -0.39 is 0 Å². The minimum Gasteiger partial charge on any atom is -0.489 e. The fourth-order valence-corrected chi connectivity index (χ4v) is 3.91. The molecule has 2 heterocycles. The maximum absolute atomic E-state index is 6.15. The number of aryl methyl sites for hydroxylation is 1. The fourth-order valence-electron chi connectivity index (χ4n) is 3.91. The Balaban J connectivity index is 1.51. The van der Waals surface area contributed by atoms with Gasteiger partial charge < -0.3 is 9.47 Å². The van der Waals surface area contributed by atoms with Crippen molar-refractivity contribution in [3.05, 3.63) is 83.3 Å². The Morgan fingerprint density at radius 3 is 2.69 bits per heavy atom. The molecule has 1 aromatic heterocycles. The van der Waals surface area contributed by atoms with Crippen molar-refractivity contribution in [3.63, 3.8) is 0 Å². The number of aromatic nitrogens is 1. The smallest absolute Gasteiger partial charge is 0.157 e. The number of rotatable bonds is 4. The van der Waals surface area contributed by atoms with Crippen molar-refractivity contribution in [1.29, 1.82) is 0 Å². The van der Waals surface area contributed by atoms with Gasteiger partial charge in [-0.2, -0.15) is 0 Å². The fraction of sp³-hybridized carbons (Fsp3) is 0.261. The summed E-state index contributed by atoms with van der Waals surface area (Å²) in [4.78, 5) is 4.92. The topological polar surface area (TPSA) is 31.4 Å². The van der Waals surface area contributed by atoms with Crippen LogP contribution in [0.25, 0.3) is 10.9 Å². The van der Waals surface area contributed by atoms with Gasteiger partial charge in [-0.05, 0) is 44.2 Å². The molecule has 1 fully saturated rings. The van der Waals surface area contributed by atoms with Crippen molar-refractivity contribution in [3.8, 4) is 5.75 Å². The van der Waals surface area contributed by atoms with Crippen LogP contribution in [0.3, 0.4) is 0 Å². The molecule has 0 saturated heterocycles. The van der Waals surface area contributed by atoms with Crippen LogP contribution in [0, 0.1) is 12.8 Å². The number of allylic oxidation sites excluding steroid dienone is 1. The number of hydrogen-bond acceptors (Lipinski definition) is 3. The average molecular weight is 343 g/mol. The van der Waals surface area contributed by atoms with Gasteiger partial charge in [0.15, 0.2) is 5.60 Å². The third-order valence-electron chi connectivity index (χ3n) is 5.39. The molecule has 1 aliphatic carbocycles. The van der Waals surface area contributed by atoms with Crippen molar-refractivity contribution in [2.24, 2.45) is 5.92 Å². The SMILES string of the molecule is CC1=CC2CC2(c2cc(COc3ccc(C)cc3)c3ccccc3n2)O1. The number of fused-ring (bicyclic) bond motifs is 2. The molecule has 3 heteroatoms. The Labute approximate surface area is 153 Å². The van der Waals surface area contributed by atoms with Crippen LogP contribution in [-0.4, -0.2) is 4.98 Å². The van der Waals surface area contributed by atoms with Gasteiger partial charge in [0.1, 0.15) is 12.4 Å². The van der Waals surface area contributed by atoms with Crippen molar-refractivity contribution in [2.45, 2.75) is 32.5 Å². The number of benzene rings is 2. The molecule has 130 valence electrons. The zero-order valence-corrected chi connectivity index (χ0v) is 15.0. The maximum atomic E-state index is 6.15. The van der Waals surface area contributed by atoms with E-state index in [4.69, 9.17) is 14.5 Å². The highest BCUT2D eigenvalue weighted by atomic mass is 16.5. The van der Waals surface area contributed by atoms with E-state index in [9.17, 15) is 0 Å². The summed E-state index contributed by atoms with van der Waals surface area (Å²) in [5, 5.41) is 1.14. The standard InChI is InChI=1S/C23H21NO2/c1-15-7-9-19(10-8-15)25-14-17-12-22(23-13-18(23)11-16(2)26-23)24-21-6-4-3-5-20(17)21/h3-12,18H,13-14H2,1-2H3. The Bertz CT molecular complexity index is 1020. The second-order valence-corrected chi connectivity index (χ2v) is 7.36. The van der Waals surface area contributed by atoms with Crippen molar-refractivity contribution >= 4 is 10.9 Å². The summed E-state index contributed by atoms with van der Waals surface area (Å²) in [5.74, 6) is 2.35. The van der Waals surface area contributed by atoms with Crippen LogP contribution >= 0.6 is 0 Å². The minimum absolute atomic E-state index is 0.243. The first-order valence-corrected chi connectivity index (χ1v) is 9.10. The van der Waals surface area contributed by atoms with E-state index in [0.29, 0.717) is 12.5 Å². The van der Waals surface area contributed by atoms with Gasteiger partial charge in [0.25, 0.3) is 0 Å². The van der Waals surface area contributed by atoms with Crippen LogP contribution in [0.1, 0.15) is 30.2 Å². The molecule has 5 rings (SSSR count). The normalized spacial score (nSPS) is 23.3. The average Bonchev–Trinajstić information content (AvgIpc) is 3.23. The van der Waals surface area contributed by atoms with Gasteiger partial charge in [-0.3, -0.25) is 0 Å². The van der Waals surface area contributed by atoms with Crippen LogP contribution in [0.4, 0.5) is 0 Å². The molecule has 26 heavy (non-hydrogen) atoms. The minimum atomic E-state index is -0.243. The van der Waals surface area contributed by atoms with E-state index in [1.165, 1.54) is 5.56 Å². The first-order valence-electron chi connectivity index (χ1n) is 9.10. The molecule has 2 aliphatic rings. The number of para-hydroxylation sites is 1. The molecule has 0 bridgehead atoms. The molecule has 2 atom stereocenters. The second-order valence-electron chi connectivity index (χ2n) is 7.36. The lowest BCUT2D eigenvalue weighted by Crippen LogP contribution is -2.13. The maximum Gasteiger partial charge on any atom is 0.157 e. The molecule has 0 amide bonds. The van der Waals surface area contributed by atoms with Crippen LogP contribution in [0.2, 0.25) is 0 Å². The summed E-state index contributed by atoms with van der Waals surface area (Å²) in [6.07, 6.45) is 3.24. The van der Waals surface area contributed by atoms with Gasteiger partial charge >= 0.3 is 0 Å². The first kappa shape index (κ1) is 15.4. The molecule has 0 N–H and O–H groups in total. The Kier molecular flexibility index (Phi) is 3.33. The summed E-state index contributed by atoms with van der Waals surface area (Å²) in [6, 6.07) is 18.6. The molecule has 2 unspecified atom stereocenters. The van der Waals surface area contributed by atoms with E-state index in [1.807, 2.05) is 25.1 Å². The number of pyridine rings is 1. The molecule has 3 nitrogen and oxygen atoms in total. The largest absolute Gasteiger partial charge is 0.489 e. The number of nitrogens with zero attached hydrogens (tertiary/aromatic N) is 1. The molecule has 0 radical (unpaired) electrons. The number of hydrogen-bond donors (Lipinski definition) is 0. The lowest BCUT2D eigenvalue weighted by atomic mass is 10.0. The van der Waals surface area contributed by atoms with Crippen LogP contribution < -0.4 is 4.74 Å². The lowest BCUT2D eigenvalue weighted by Gasteiger charge is -2.18. The Morgan fingerprint density at radius 2 is 1.92 bits per heavy atom. The first-order chi connectivity index (χ1) is 12.6.